The highest BCUT2D eigenvalue weighted by Gasteiger charge is 2.30. The Balaban J connectivity index is 3.36. The molecule has 1 aliphatic heterocycles. The topological polar surface area (TPSA) is 155 Å². The van der Waals surface area contributed by atoms with Gasteiger partial charge in [-0.15, -0.1) is 0 Å². The van der Waals surface area contributed by atoms with Crippen molar-refractivity contribution in [3.05, 3.63) is 0 Å². The summed E-state index contributed by atoms with van der Waals surface area (Å²) >= 11 is 0. The summed E-state index contributed by atoms with van der Waals surface area (Å²) in [4.78, 5) is 57.7. The van der Waals surface area contributed by atoms with E-state index in [1.165, 1.54) is 0 Å². The van der Waals surface area contributed by atoms with E-state index in [0.717, 1.165) is 0 Å². The van der Waals surface area contributed by atoms with Gasteiger partial charge in [0.15, 0.2) is 0 Å². The molecule has 0 aromatic heterocycles. The Morgan fingerprint density at radius 2 is 0.894 bits per heavy atom. The van der Waals surface area contributed by atoms with Gasteiger partial charge in [0.2, 0.25) is 7.37 Å². The second-order valence-corrected chi connectivity index (χ2v) is 17.6. The van der Waals surface area contributed by atoms with Gasteiger partial charge >= 0.3 is 23.9 Å². The molecule has 0 aromatic carbocycles. The Kier molecular flexibility index (Phi) is 17.5. The molecule has 1 atom stereocenters. The fourth-order valence-corrected chi connectivity index (χ4v) is 7.09. The monoisotopic (exact) mass is 692 g/mol. The quantitative estimate of drug-likeness (QED) is 0.171. The van der Waals surface area contributed by atoms with Crippen LogP contribution >= 0.6 is 7.37 Å². The number of rotatable bonds is 13. The third-order valence-corrected chi connectivity index (χ3v) is 9.16. The molecular weight excluding hydrogens is 631 g/mol. The van der Waals surface area contributed by atoms with Crippen LogP contribution in [-0.4, -0.2) is 156 Å². The molecule has 1 aliphatic rings. The van der Waals surface area contributed by atoms with Crippen LogP contribution < -0.4 is 0 Å². The fraction of sp³-hybridized carbons (Fsp3) is 0.875. The predicted molar refractivity (Wildman–Crippen MR) is 180 cm³/mol. The third-order valence-electron chi connectivity index (χ3n) is 6.69. The molecule has 14 nitrogen and oxygen atoms in total. The number of aliphatic carboxylic acids is 1. The van der Waals surface area contributed by atoms with E-state index in [4.69, 9.17) is 18.7 Å². The zero-order valence-electron chi connectivity index (χ0n) is 30.5. The molecule has 0 aliphatic carbocycles. The number of carboxylic acids is 1. The molecule has 15 heteroatoms. The summed E-state index contributed by atoms with van der Waals surface area (Å²) in [5.74, 6) is -2.21. The lowest BCUT2D eigenvalue weighted by atomic mass is 10.2. The maximum absolute atomic E-state index is 13.8. The van der Waals surface area contributed by atoms with Crippen molar-refractivity contribution in [3.8, 4) is 0 Å². The van der Waals surface area contributed by atoms with Crippen LogP contribution in [0.4, 0.5) is 0 Å². The number of ether oxygens (including phenoxy) is 3. The van der Waals surface area contributed by atoms with Crippen molar-refractivity contribution in [2.45, 2.75) is 92.5 Å². The zero-order chi connectivity index (χ0) is 36.1. The summed E-state index contributed by atoms with van der Waals surface area (Å²) in [6.45, 7) is 21.5. The fourth-order valence-electron chi connectivity index (χ4n) is 4.85. The first-order chi connectivity index (χ1) is 21.5. The Morgan fingerprint density at radius 1 is 0.596 bits per heavy atom. The van der Waals surface area contributed by atoms with E-state index in [0.29, 0.717) is 52.4 Å². The molecule has 0 aromatic rings. The van der Waals surface area contributed by atoms with Crippen LogP contribution in [0.3, 0.4) is 0 Å². The second-order valence-electron chi connectivity index (χ2n) is 14.9. The molecule has 274 valence electrons. The SMILES string of the molecule is CCOP(=O)(CCC(=O)O)CN1CCN(CC(=O)OC(C)(C)C)CCN(CC(=O)OC(C)(C)C)CCN(CC(=O)OC(C)(C)C)CC1. The van der Waals surface area contributed by atoms with E-state index in [1.54, 1.807) is 48.5 Å². The van der Waals surface area contributed by atoms with Gasteiger partial charge in [0, 0.05) is 58.5 Å². The highest BCUT2D eigenvalue weighted by atomic mass is 31.2. The van der Waals surface area contributed by atoms with Crippen LogP contribution in [0, 0.1) is 0 Å². The molecule has 1 heterocycles. The Labute approximate surface area is 281 Å². The number of carbonyl (C=O) groups is 4. The van der Waals surface area contributed by atoms with E-state index in [2.05, 4.69) is 0 Å². The Bertz CT molecular complexity index is 1020. The van der Waals surface area contributed by atoms with Gasteiger partial charge in [0.25, 0.3) is 0 Å². The molecule has 1 N–H and O–H groups in total. The van der Waals surface area contributed by atoms with Crippen molar-refractivity contribution in [2.24, 2.45) is 0 Å². The number of carboxylic acid groups (broad SMARTS) is 1. The minimum Gasteiger partial charge on any atom is -0.481 e. The molecule has 1 unspecified atom stereocenters. The van der Waals surface area contributed by atoms with Crippen molar-refractivity contribution in [2.75, 3.05) is 91.0 Å². The number of hydrogen-bond acceptors (Lipinski definition) is 13. The van der Waals surface area contributed by atoms with E-state index in [1.807, 2.05) is 40.4 Å². The Hall–Kier alpha value is -2.09. The average Bonchev–Trinajstić information content (AvgIpc) is 2.86. The smallest absolute Gasteiger partial charge is 0.320 e. The lowest BCUT2D eigenvalue weighted by molar-refractivity contribution is -0.158. The predicted octanol–water partition coefficient (Wildman–Crippen LogP) is 2.98. The summed E-state index contributed by atoms with van der Waals surface area (Å²) in [7, 11) is -3.35. The van der Waals surface area contributed by atoms with Crippen molar-refractivity contribution in [1.82, 2.24) is 19.6 Å². The number of hydrogen-bond donors (Lipinski definition) is 1. The lowest BCUT2D eigenvalue weighted by Crippen LogP contribution is -2.49. The van der Waals surface area contributed by atoms with Crippen molar-refractivity contribution in [3.63, 3.8) is 0 Å². The highest BCUT2D eigenvalue weighted by Crippen LogP contribution is 2.47. The van der Waals surface area contributed by atoms with Gasteiger partial charge in [-0.2, -0.15) is 0 Å². The lowest BCUT2D eigenvalue weighted by Gasteiger charge is -2.35. The first kappa shape index (κ1) is 42.9. The molecular formula is C32H61N4O10P. The van der Waals surface area contributed by atoms with Gasteiger partial charge in [-0.05, 0) is 69.2 Å². The molecule has 0 saturated carbocycles. The largest absolute Gasteiger partial charge is 0.481 e. The van der Waals surface area contributed by atoms with Crippen LogP contribution in [0.25, 0.3) is 0 Å². The van der Waals surface area contributed by atoms with Crippen molar-refractivity contribution >= 4 is 31.2 Å². The van der Waals surface area contributed by atoms with Gasteiger partial charge in [-0.25, -0.2) is 0 Å². The molecule has 0 bridgehead atoms. The van der Waals surface area contributed by atoms with Crippen LogP contribution in [0.2, 0.25) is 0 Å². The molecule has 0 amide bonds. The van der Waals surface area contributed by atoms with E-state index in [-0.39, 0.29) is 63.0 Å². The second kappa shape index (κ2) is 19.2. The van der Waals surface area contributed by atoms with Crippen LogP contribution in [-0.2, 0) is 42.5 Å². The summed E-state index contributed by atoms with van der Waals surface area (Å²) in [6, 6.07) is 0. The van der Waals surface area contributed by atoms with Crippen LogP contribution in [0.5, 0.6) is 0 Å². The number of nitrogens with zero attached hydrogens (tertiary/aromatic N) is 4. The number of esters is 3. The minimum atomic E-state index is -3.35. The molecule has 47 heavy (non-hydrogen) atoms. The summed E-state index contributed by atoms with van der Waals surface area (Å²) in [5, 5.41) is 9.27. The van der Waals surface area contributed by atoms with E-state index in [9.17, 15) is 28.8 Å². The van der Waals surface area contributed by atoms with Gasteiger partial charge < -0.3 is 23.8 Å². The van der Waals surface area contributed by atoms with Crippen molar-refractivity contribution < 1.29 is 47.6 Å². The molecule has 0 radical (unpaired) electrons. The molecule has 1 saturated heterocycles. The van der Waals surface area contributed by atoms with Crippen molar-refractivity contribution in [1.29, 1.82) is 0 Å². The maximum atomic E-state index is 13.8. The first-order valence-corrected chi connectivity index (χ1v) is 18.5. The first-order valence-electron chi connectivity index (χ1n) is 16.5. The molecule has 0 spiro atoms. The number of carbonyl (C=O) groups excluding carboxylic acids is 3. The maximum Gasteiger partial charge on any atom is 0.320 e. The Morgan fingerprint density at radius 3 is 1.15 bits per heavy atom. The third kappa shape index (κ3) is 21.5. The molecule has 1 rings (SSSR count). The van der Waals surface area contributed by atoms with E-state index >= 15 is 0 Å². The standard InChI is InChI=1S/C32H61N4O10P/c1-11-43-47(42,21-12-26(37)38)25-36-19-17-34(23-28(40)45-31(5,6)7)15-13-33(22-27(39)44-30(2,3)4)14-16-35(18-20-36)24-29(41)46-32(8,9)10/h11-25H2,1-10H3,(H,37,38). The molecule has 1 fully saturated rings. The zero-order valence-corrected chi connectivity index (χ0v) is 31.4. The van der Waals surface area contributed by atoms with Gasteiger partial charge in [-0.1, -0.05) is 0 Å². The van der Waals surface area contributed by atoms with E-state index < -0.39 is 30.1 Å². The summed E-state index contributed by atoms with van der Waals surface area (Å²) in [5.41, 5.74) is -1.97. The van der Waals surface area contributed by atoms with Crippen LogP contribution in [0.1, 0.15) is 75.7 Å². The van der Waals surface area contributed by atoms with Gasteiger partial charge in [-0.3, -0.25) is 43.3 Å². The summed E-state index contributed by atoms with van der Waals surface area (Å²) < 4.78 is 36.2. The minimum absolute atomic E-state index is 0.0122. The summed E-state index contributed by atoms with van der Waals surface area (Å²) in [6.07, 6.45) is -0.358. The van der Waals surface area contributed by atoms with Crippen LogP contribution in [0.15, 0.2) is 0 Å². The van der Waals surface area contributed by atoms with Gasteiger partial charge in [0.05, 0.1) is 38.9 Å². The van der Waals surface area contributed by atoms with Gasteiger partial charge in [0.1, 0.15) is 16.8 Å². The highest BCUT2D eigenvalue weighted by molar-refractivity contribution is 7.58. The average molecular weight is 693 g/mol. The normalized spacial score (nSPS) is 18.8.